The molecule has 3 N–H and O–H groups in total. The third kappa shape index (κ3) is 5.95. The lowest BCUT2D eigenvalue weighted by Crippen LogP contribution is -2.37. The lowest BCUT2D eigenvalue weighted by molar-refractivity contribution is -0.158. The van der Waals surface area contributed by atoms with Crippen molar-refractivity contribution in [2.75, 3.05) is 6.61 Å². The molecule has 200 valence electrons. The molecule has 6 atom stereocenters. The molecule has 0 unspecified atom stereocenters. The Morgan fingerprint density at radius 2 is 2.00 bits per heavy atom. The second-order valence-electron chi connectivity index (χ2n) is 11.8. The van der Waals surface area contributed by atoms with Gasteiger partial charge in [-0.1, -0.05) is 62.5 Å². The minimum absolute atomic E-state index is 0.0904. The summed E-state index contributed by atoms with van der Waals surface area (Å²) in [6.45, 7) is 16.5. The Morgan fingerprint density at radius 1 is 1.28 bits per heavy atom. The zero-order valence-electron chi connectivity index (χ0n) is 22.6. The van der Waals surface area contributed by atoms with Crippen molar-refractivity contribution in [3.05, 3.63) is 59.8 Å². The van der Waals surface area contributed by atoms with Crippen molar-refractivity contribution < 1.29 is 24.9 Å². The third-order valence-corrected chi connectivity index (χ3v) is 8.87. The Balaban J connectivity index is 1.72. The minimum atomic E-state index is -1.02. The van der Waals surface area contributed by atoms with Crippen LogP contribution >= 0.6 is 0 Å². The molecule has 0 aromatic rings. The number of aliphatic hydroxyl groups is 3. The Hall–Kier alpha value is -1.95. The molecule has 0 aromatic heterocycles. The monoisotopic (exact) mass is 498 g/mol. The average Bonchev–Trinajstić information content (AvgIpc) is 3.19. The largest absolute Gasteiger partial charge is 0.465 e. The van der Waals surface area contributed by atoms with E-state index in [0.717, 1.165) is 55.2 Å². The van der Waals surface area contributed by atoms with Gasteiger partial charge in [0.15, 0.2) is 0 Å². The van der Waals surface area contributed by atoms with Crippen LogP contribution in [-0.2, 0) is 9.53 Å². The highest BCUT2D eigenvalue weighted by atomic mass is 16.5. The van der Waals surface area contributed by atoms with Gasteiger partial charge in [-0.05, 0) is 87.2 Å². The summed E-state index contributed by atoms with van der Waals surface area (Å²) < 4.78 is 5.27. The molecule has 3 rings (SSSR count). The van der Waals surface area contributed by atoms with Crippen LogP contribution in [0.15, 0.2) is 59.8 Å². The van der Waals surface area contributed by atoms with Crippen LogP contribution < -0.4 is 0 Å². The topological polar surface area (TPSA) is 87.0 Å². The number of carbonyl (C=O) groups is 1. The van der Waals surface area contributed by atoms with Crippen molar-refractivity contribution in [1.82, 2.24) is 0 Å². The molecule has 5 nitrogen and oxygen atoms in total. The first-order valence-electron chi connectivity index (χ1n) is 13.6. The summed E-state index contributed by atoms with van der Waals surface area (Å²) in [7, 11) is 0. The molecule has 0 aromatic carbocycles. The summed E-state index contributed by atoms with van der Waals surface area (Å²) >= 11 is 0. The maximum Gasteiger partial charge on any atom is 0.314 e. The van der Waals surface area contributed by atoms with E-state index in [1.54, 1.807) is 19.9 Å². The Labute approximate surface area is 217 Å². The van der Waals surface area contributed by atoms with Crippen LogP contribution in [0.2, 0.25) is 0 Å². The van der Waals surface area contributed by atoms with Crippen molar-refractivity contribution in [2.45, 2.75) is 97.4 Å². The van der Waals surface area contributed by atoms with E-state index in [9.17, 15) is 20.1 Å². The van der Waals surface area contributed by atoms with Crippen molar-refractivity contribution in [3.8, 4) is 0 Å². The smallest absolute Gasteiger partial charge is 0.314 e. The zero-order chi connectivity index (χ0) is 26.7. The SMILES string of the molecule is C=C(C=C[C@H](O)C(C)(C)C(=O)OCCC)[C@H]1CC[C@H]2C(=CC=C3C[C@@H](O)C[C@H](O)C3=C)CCC[C@]12C. The van der Waals surface area contributed by atoms with Gasteiger partial charge in [-0.15, -0.1) is 0 Å². The van der Waals surface area contributed by atoms with Gasteiger partial charge < -0.3 is 20.1 Å². The number of aliphatic hydroxyl groups excluding tert-OH is 3. The number of hydrogen-bond donors (Lipinski definition) is 3. The van der Waals surface area contributed by atoms with Crippen LogP contribution in [0.5, 0.6) is 0 Å². The van der Waals surface area contributed by atoms with Gasteiger partial charge in [0, 0.05) is 6.42 Å². The van der Waals surface area contributed by atoms with Crippen molar-refractivity contribution in [1.29, 1.82) is 0 Å². The summed E-state index contributed by atoms with van der Waals surface area (Å²) in [6.07, 6.45) is 12.8. The Bertz CT molecular complexity index is 939. The van der Waals surface area contributed by atoms with Gasteiger partial charge in [0.1, 0.15) is 0 Å². The molecular weight excluding hydrogens is 452 g/mol. The molecule has 5 heteroatoms. The second-order valence-corrected chi connectivity index (χ2v) is 11.8. The number of allylic oxidation sites excluding steroid dienone is 5. The van der Waals surface area contributed by atoms with Gasteiger partial charge in [0.2, 0.25) is 0 Å². The van der Waals surface area contributed by atoms with E-state index in [-0.39, 0.29) is 5.41 Å². The fourth-order valence-corrected chi connectivity index (χ4v) is 6.39. The van der Waals surface area contributed by atoms with Crippen LogP contribution in [0, 0.1) is 22.7 Å². The Morgan fingerprint density at radius 3 is 2.69 bits per heavy atom. The standard InChI is InChI=1S/C31H46O5/c1-7-17-36-29(35)30(4,5)28(34)15-10-20(2)25-13-14-26-22(9-8-16-31(25,26)6)11-12-23-18-24(32)19-27(33)21(23)3/h10-12,15,24-28,32-34H,2-3,7-9,13-14,16-19H2,1,4-6H3/t24-,25-,26+,27+,28+,31-/m1/s1. The molecule has 0 aliphatic heterocycles. The van der Waals surface area contributed by atoms with E-state index in [0.29, 0.717) is 31.3 Å². The molecule has 3 fully saturated rings. The molecule has 0 spiro atoms. The third-order valence-electron chi connectivity index (χ3n) is 8.87. The average molecular weight is 499 g/mol. The molecular formula is C31H46O5. The van der Waals surface area contributed by atoms with Crippen LogP contribution in [-0.4, -0.2) is 46.2 Å². The predicted octanol–water partition coefficient (Wildman–Crippen LogP) is 5.58. The number of esters is 1. The van der Waals surface area contributed by atoms with E-state index < -0.39 is 29.7 Å². The van der Waals surface area contributed by atoms with Gasteiger partial charge in [0.05, 0.1) is 30.3 Å². The van der Waals surface area contributed by atoms with Crippen molar-refractivity contribution in [2.24, 2.45) is 22.7 Å². The number of carbonyl (C=O) groups excluding carboxylic acids is 1. The van der Waals surface area contributed by atoms with Crippen molar-refractivity contribution >= 4 is 5.97 Å². The maximum absolute atomic E-state index is 12.4. The maximum atomic E-state index is 12.4. The van der Waals surface area contributed by atoms with Crippen LogP contribution in [0.4, 0.5) is 0 Å². The second kappa shape index (κ2) is 11.6. The molecule has 36 heavy (non-hydrogen) atoms. The molecule has 0 saturated heterocycles. The Kier molecular flexibility index (Phi) is 9.24. The van der Waals surface area contributed by atoms with Crippen LogP contribution in [0.3, 0.4) is 0 Å². The van der Waals surface area contributed by atoms with E-state index >= 15 is 0 Å². The normalized spacial score (nSPS) is 34.2. The fraction of sp³-hybridized carbons (Fsp3) is 0.645. The predicted molar refractivity (Wildman–Crippen MR) is 144 cm³/mol. The molecule has 0 radical (unpaired) electrons. The molecule has 0 bridgehead atoms. The first kappa shape index (κ1) is 28.6. The van der Waals surface area contributed by atoms with E-state index in [4.69, 9.17) is 4.74 Å². The van der Waals surface area contributed by atoms with Gasteiger partial charge in [0.25, 0.3) is 0 Å². The van der Waals surface area contributed by atoms with Crippen molar-refractivity contribution in [3.63, 3.8) is 0 Å². The lowest BCUT2D eigenvalue weighted by Gasteiger charge is -2.42. The van der Waals surface area contributed by atoms with Gasteiger partial charge in [-0.2, -0.15) is 0 Å². The summed E-state index contributed by atoms with van der Waals surface area (Å²) in [4.78, 5) is 12.4. The van der Waals surface area contributed by atoms with Crippen LogP contribution in [0.1, 0.15) is 79.1 Å². The number of fused-ring (bicyclic) bond motifs is 1. The van der Waals surface area contributed by atoms with E-state index in [1.807, 2.05) is 13.0 Å². The summed E-state index contributed by atoms with van der Waals surface area (Å²) in [5, 5.41) is 31.0. The zero-order valence-corrected chi connectivity index (χ0v) is 22.6. The lowest BCUT2D eigenvalue weighted by atomic mass is 9.62. The highest BCUT2D eigenvalue weighted by Crippen LogP contribution is 2.59. The molecule has 3 aliphatic carbocycles. The first-order chi connectivity index (χ1) is 16.9. The summed E-state index contributed by atoms with van der Waals surface area (Å²) in [5.41, 5.74) is 3.16. The number of ether oxygens (including phenoxy) is 1. The van der Waals surface area contributed by atoms with Gasteiger partial charge in [-0.3, -0.25) is 4.79 Å². The molecule has 3 aliphatic rings. The summed E-state index contributed by atoms with van der Waals surface area (Å²) in [5.74, 6) is 0.373. The summed E-state index contributed by atoms with van der Waals surface area (Å²) in [6, 6.07) is 0. The highest BCUT2D eigenvalue weighted by Gasteiger charge is 2.49. The van der Waals surface area contributed by atoms with Gasteiger partial charge in [-0.25, -0.2) is 0 Å². The molecule has 0 heterocycles. The quantitative estimate of drug-likeness (QED) is 0.300. The molecule has 0 amide bonds. The van der Waals surface area contributed by atoms with Gasteiger partial charge >= 0.3 is 5.97 Å². The molecule has 3 saturated carbocycles. The highest BCUT2D eigenvalue weighted by molar-refractivity contribution is 5.77. The van der Waals surface area contributed by atoms with E-state index in [2.05, 4.69) is 32.2 Å². The first-order valence-corrected chi connectivity index (χ1v) is 13.6. The number of hydrogen-bond acceptors (Lipinski definition) is 5. The minimum Gasteiger partial charge on any atom is -0.465 e. The van der Waals surface area contributed by atoms with Crippen LogP contribution in [0.25, 0.3) is 0 Å². The number of rotatable bonds is 8. The fourth-order valence-electron chi connectivity index (χ4n) is 6.39. The van der Waals surface area contributed by atoms with E-state index in [1.165, 1.54) is 5.57 Å².